The summed E-state index contributed by atoms with van der Waals surface area (Å²) in [6, 6.07) is 0. The molecule has 2 amide bonds. The van der Waals surface area contributed by atoms with Crippen molar-refractivity contribution in [2.45, 2.75) is 46.5 Å². The number of nitrogens with one attached hydrogen (secondary N) is 2. The van der Waals surface area contributed by atoms with Crippen LogP contribution in [0, 0.1) is 11.8 Å². The van der Waals surface area contributed by atoms with Crippen LogP contribution >= 0.6 is 0 Å². The number of rotatable bonds is 9. The minimum Gasteiger partial charge on any atom is -0.356 e. The van der Waals surface area contributed by atoms with Crippen molar-refractivity contribution >= 4 is 11.8 Å². The molecule has 0 radical (unpaired) electrons. The monoisotopic (exact) mass is 257 g/mol. The smallest absolute Gasteiger partial charge is 0.224 e. The topological polar surface area (TPSA) is 84.2 Å². The first-order valence-corrected chi connectivity index (χ1v) is 6.79. The Bertz CT molecular complexity index is 257. The first-order chi connectivity index (χ1) is 8.54. The van der Waals surface area contributed by atoms with E-state index in [1.165, 1.54) is 0 Å². The first kappa shape index (κ1) is 16.9. The standard InChI is InChI=1S/C13H27N3O2/c1-4-11(13(18)16-9-14)7-6-10(3)8-12(17)15-5-2/h10-11H,4-9,14H2,1-3H3,(H,15,17)(H,16,18). The number of hydrogen-bond donors (Lipinski definition) is 3. The number of carbonyl (C=O) groups is 2. The highest BCUT2D eigenvalue weighted by Gasteiger charge is 2.17. The quantitative estimate of drug-likeness (QED) is 0.538. The lowest BCUT2D eigenvalue weighted by Crippen LogP contribution is -2.34. The van der Waals surface area contributed by atoms with Gasteiger partial charge in [-0.2, -0.15) is 0 Å². The molecule has 0 aromatic heterocycles. The molecule has 2 unspecified atom stereocenters. The predicted octanol–water partition coefficient (Wildman–Crippen LogP) is 0.988. The van der Waals surface area contributed by atoms with E-state index in [9.17, 15) is 9.59 Å². The fraction of sp³-hybridized carbons (Fsp3) is 0.846. The molecule has 106 valence electrons. The zero-order valence-corrected chi connectivity index (χ0v) is 11.8. The summed E-state index contributed by atoms with van der Waals surface area (Å²) in [7, 11) is 0. The van der Waals surface area contributed by atoms with E-state index in [1.54, 1.807) is 0 Å². The molecule has 0 saturated carbocycles. The molecule has 0 aliphatic rings. The third-order valence-electron chi connectivity index (χ3n) is 3.06. The maximum Gasteiger partial charge on any atom is 0.224 e. The third kappa shape index (κ3) is 7.27. The maximum absolute atomic E-state index is 11.6. The SMILES string of the molecule is CCNC(=O)CC(C)CCC(CC)C(=O)NCN. The van der Waals surface area contributed by atoms with Gasteiger partial charge in [-0.1, -0.05) is 13.8 Å². The Morgan fingerprint density at radius 1 is 1.17 bits per heavy atom. The van der Waals surface area contributed by atoms with E-state index in [0.29, 0.717) is 18.9 Å². The van der Waals surface area contributed by atoms with E-state index in [1.807, 2.05) is 20.8 Å². The molecule has 0 spiro atoms. The average Bonchev–Trinajstić information content (AvgIpc) is 2.30. The van der Waals surface area contributed by atoms with Gasteiger partial charge in [0.15, 0.2) is 0 Å². The average molecular weight is 257 g/mol. The van der Waals surface area contributed by atoms with Crippen molar-refractivity contribution in [2.75, 3.05) is 13.2 Å². The minimum absolute atomic E-state index is 0.00485. The van der Waals surface area contributed by atoms with Gasteiger partial charge in [-0.15, -0.1) is 0 Å². The summed E-state index contributed by atoms with van der Waals surface area (Å²) in [4.78, 5) is 23.0. The second kappa shape index (κ2) is 9.88. The summed E-state index contributed by atoms with van der Waals surface area (Å²) in [6.07, 6.45) is 3.03. The normalized spacial score (nSPS) is 13.8. The molecule has 0 aliphatic carbocycles. The summed E-state index contributed by atoms with van der Waals surface area (Å²) in [5, 5.41) is 5.43. The van der Waals surface area contributed by atoms with Gasteiger partial charge in [0.2, 0.25) is 11.8 Å². The van der Waals surface area contributed by atoms with Crippen LogP contribution < -0.4 is 16.4 Å². The van der Waals surface area contributed by atoms with Gasteiger partial charge in [0.25, 0.3) is 0 Å². The van der Waals surface area contributed by atoms with Crippen LogP contribution in [0.1, 0.15) is 46.5 Å². The Morgan fingerprint density at radius 3 is 2.33 bits per heavy atom. The van der Waals surface area contributed by atoms with E-state index in [0.717, 1.165) is 19.3 Å². The molecule has 2 atom stereocenters. The second-order valence-electron chi connectivity index (χ2n) is 4.69. The molecular formula is C13H27N3O2. The van der Waals surface area contributed by atoms with Gasteiger partial charge in [0.1, 0.15) is 0 Å². The third-order valence-corrected chi connectivity index (χ3v) is 3.06. The molecule has 0 bridgehead atoms. The summed E-state index contributed by atoms with van der Waals surface area (Å²) < 4.78 is 0. The Morgan fingerprint density at radius 2 is 1.83 bits per heavy atom. The van der Waals surface area contributed by atoms with Crippen molar-refractivity contribution in [3.05, 3.63) is 0 Å². The highest BCUT2D eigenvalue weighted by atomic mass is 16.2. The number of nitrogens with two attached hydrogens (primary N) is 1. The summed E-state index contributed by atoms with van der Waals surface area (Å²) >= 11 is 0. The second-order valence-corrected chi connectivity index (χ2v) is 4.69. The van der Waals surface area contributed by atoms with Crippen LogP contribution in [-0.4, -0.2) is 25.0 Å². The van der Waals surface area contributed by atoms with Crippen LogP contribution in [0.25, 0.3) is 0 Å². The Kier molecular flexibility index (Phi) is 9.28. The maximum atomic E-state index is 11.6. The van der Waals surface area contributed by atoms with Gasteiger partial charge in [0, 0.05) is 18.9 Å². The molecule has 0 rings (SSSR count). The molecule has 18 heavy (non-hydrogen) atoms. The van der Waals surface area contributed by atoms with Crippen LogP contribution in [-0.2, 0) is 9.59 Å². The fourth-order valence-electron chi connectivity index (χ4n) is 1.94. The molecule has 4 N–H and O–H groups in total. The number of amides is 2. The summed E-state index contributed by atoms with van der Waals surface area (Å²) in [6.45, 7) is 6.80. The largest absolute Gasteiger partial charge is 0.356 e. The molecule has 0 fully saturated rings. The van der Waals surface area contributed by atoms with E-state index in [-0.39, 0.29) is 24.4 Å². The Labute approximate surface area is 110 Å². The molecular weight excluding hydrogens is 230 g/mol. The highest BCUT2D eigenvalue weighted by molar-refractivity contribution is 5.78. The van der Waals surface area contributed by atoms with Crippen LogP contribution in [0.15, 0.2) is 0 Å². The van der Waals surface area contributed by atoms with Crippen molar-refractivity contribution in [1.29, 1.82) is 0 Å². The van der Waals surface area contributed by atoms with E-state index in [4.69, 9.17) is 5.73 Å². The van der Waals surface area contributed by atoms with Gasteiger partial charge in [-0.05, 0) is 32.1 Å². The Balaban J connectivity index is 3.97. The van der Waals surface area contributed by atoms with Gasteiger partial charge in [0.05, 0.1) is 6.67 Å². The molecule has 0 aromatic rings. The molecule has 0 saturated heterocycles. The van der Waals surface area contributed by atoms with Gasteiger partial charge >= 0.3 is 0 Å². The minimum atomic E-state index is 0.00485. The van der Waals surface area contributed by atoms with Gasteiger partial charge in [-0.3, -0.25) is 9.59 Å². The lowest BCUT2D eigenvalue weighted by atomic mass is 9.92. The van der Waals surface area contributed by atoms with Gasteiger partial charge in [-0.25, -0.2) is 0 Å². The van der Waals surface area contributed by atoms with Crippen molar-refractivity contribution in [3.63, 3.8) is 0 Å². The molecule has 0 aliphatic heterocycles. The van der Waals surface area contributed by atoms with Crippen LogP contribution in [0.2, 0.25) is 0 Å². The number of carbonyl (C=O) groups excluding carboxylic acids is 2. The van der Waals surface area contributed by atoms with Crippen molar-refractivity contribution in [2.24, 2.45) is 17.6 Å². The van der Waals surface area contributed by atoms with E-state index < -0.39 is 0 Å². The molecule has 5 heteroatoms. The lowest BCUT2D eigenvalue weighted by molar-refractivity contribution is -0.125. The lowest BCUT2D eigenvalue weighted by Gasteiger charge is -2.17. The summed E-state index contributed by atoms with van der Waals surface area (Å²) in [5.41, 5.74) is 5.29. The predicted molar refractivity (Wildman–Crippen MR) is 72.7 cm³/mol. The van der Waals surface area contributed by atoms with Crippen LogP contribution in [0.3, 0.4) is 0 Å². The molecule has 0 heterocycles. The zero-order valence-electron chi connectivity index (χ0n) is 11.8. The van der Waals surface area contributed by atoms with Crippen molar-refractivity contribution in [3.8, 4) is 0 Å². The van der Waals surface area contributed by atoms with Crippen molar-refractivity contribution in [1.82, 2.24) is 10.6 Å². The summed E-state index contributed by atoms with van der Waals surface area (Å²) in [5.74, 6) is 0.413. The fourth-order valence-corrected chi connectivity index (χ4v) is 1.94. The number of hydrogen-bond acceptors (Lipinski definition) is 3. The van der Waals surface area contributed by atoms with Crippen LogP contribution in [0.5, 0.6) is 0 Å². The molecule has 0 aromatic carbocycles. The van der Waals surface area contributed by atoms with E-state index >= 15 is 0 Å². The van der Waals surface area contributed by atoms with Gasteiger partial charge < -0.3 is 16.4 Å². The van der Waals surface area contributed by atoms with Crippen LogP contribution in [0.4, 0.5) is 0 Å². The first-order valence-electron chi connectivity index (χ1n) is 6.79. The van der Waals surface area contributed by atoms with E-state index in [2.05, 4.69) is 10.6 Å². The highest BCUT2D eigenvalue weighted by Crippen LogP contribution is 2.18. The Hall–Kier alpha value is -1.10. The van der Waals surface area contributed by atoms with Crippen molar-refractivity contribution < 1.29 is 9.59 Å². The zero-order chi connectivity index (χ0) is 14.0. The molecule has 5 nitrogen and oxygen atoms in total.